The standard InChI is InChI=1S/C10H12N2O/c1-8-6-7-9-4-2-3-5-10(9)12(8)11-13/h2-8,11,13H,1H3. The first-order valence-electron chi connectivity index (χ1n) is 4.29. The third-order valence-corrected chi connectivity index (χ3v) is 2.27. The topological polar surface area (TPSA) is 35.5 Å². The van der Waals surface area contributed by atoms with Gasteiger partial charge in [-0.25, -0.2) is 0 Å². The Hall–Kier alpha value is -1.32. The summed E-state index contributed by atoms with van der Waals surface area (Å²) in [4.78, 5) is 0. The predicted molar refractivity (Wildman–Crippen MR) is 52.3 cm³/mol. The van der Waals surface area contributed by atoms with E-state index < -0.39 is 0 Å². The monoisotopic (exact) mass is 176 g/mol. The molecule has 1 aromatic carbocycles. The molecule has 2 N–H and O–H groups in total. The maximum absolute atomic E-state index is 8.95. The lowest BCUT2D eigenvalue weighted by Crippen LogP contribution is -2.43. The molecule has 0 spiro atoms. The minimum atomic E-state index is 0.167. The van der Waals surface area contributed by atoms with E-state index in [4.69, 9.17) is 5.21 Å². The first kappa shape index (κ1) is 8.29. The van der Waals surface area contributed by atoms with Gasteiger partial charge in [0.05, 0.1) is 11.7 Å². The van der Waals surface area contributed by atoms with E-state index in [1.165, 1.54) is 0 Å². The van der Waals surface area contributed by atoms with Gasteiger partial charge in [-0.3, -0.25) is 10.2 Å². The average Bonchev–Trinajstić information content (AvgIpc) is 2.18. The molecule has 3 heteroatoms. The number of para-hydroxylation sites is 1. The van der Waals surface area contributed by atoms with E-state index in [1.54, 1.807) is 5.01 Å². The molecule has 0 saturated heterocycles. The Bertz CT molecular complexity index is 335. The number of hydrogen-bond donors (Lipinski definition) is 2. The molecule has 1 aliphatic heterocycles. The number of nitrogens with one attached hydrogen (secondary N) is 1. The van der Waals surface area contributed by atoms with Crippen molar-refractivity contribution >= 4 is 11.8 Å². The molecule has 1 aromatic rings. The van der Waals surface area contributed by atoms with Gasteiger partial charge in [0.1, 0.15) is 0 Å². The van der Waals surface area contributed by atoms with Crippen molar-refractivity contribution < 1.29 is 5.21 Å². The van der Waals surface area contributed by atoms with Crippen LogP contribution >= 0.6 is 0 Å². The van der Waals surface area contributed by atoms with Crippen molar-refractivity contribution in [3.63, 3.8) is 0 Å². The van der Waals surface area contributed by atoms with E-state index in [2.05, 4.69) is 11.7 Å². The largest absolute Gasteiger partial charge is 0.297 e. The van der Waals surface area contributed by atoms with Crippen molar-refractivity contribution in [3.8, 4) is 0 Å². The second-order valence-electron chi connectivity index (χ2n) is 3.13. The minimum Gasteiger partial charge on any atom is -0.297 e. The lowest BCUT2D eigenvalue weighted by atomic mass is 10.1. The molecule has 0 aliphatic carbocycles. The van der Waals surface area contributed by atoms with Gasteiger partial charge in [-0.05, 0) is 18.6 Å². The molecule has 0 radical (unpaired) electrons. The molecule has 0 fully saturated rings. The van der Waals surface area contributed by atoms with Crippen molar-refractivity contribution in [2.45, 2.75) is 13.0 Å². The number of benzene rings is 1. The highest BCUT2D eigenvalue weighted by Crippen LogP contribution is 2.26. The van der Waals surface area contributed by atoms with Crippen molar-refractivity contribution in [2.24, 2.45) is 0 Å². The SMILES string of the molecule is CC1C=Cc2ccccc2N1NO. The summed E-state index contributed by atoms with van der Waals surface area (Å²) in [6.07, 6.45) is 4.10. The zero-order valence-corrected chi connectivity index (χ0v) is 7.44. The van der Waals surface area contributed by atoms with E-state index in [9.17, 15) is 0 Å². The van der Waals surface area contributed by atoms with Crippen LogP contribution in [0, 0.1) is 0 Å². The molecule has 2 rings (SSSR count). The Morgan fingerprint density at radius 2 is 2.15 bits per heavy atom. The summed E-state index contributed by atoms with van der Waals surface area (Å²) in [7, 11) is 0. The summed E-state index contributed by atoms with van der Waals surface area (Å²) >= 11 is 0. The van der Waals surface area contributed by atoms with Crippen molar-refractivity contribution in [1.29, 1.82) is 0 Å². The second kappa shape index (κ2) is 3.20. The van der Waals surface area contributed by atoms with Crippen LogP contribution in [0.5, 0.6) is 0 Å². The fourth-order valence-corrected chi connectivity index (χ4v) is 1.54. The number of fused-ring (bicyclic) bond motifs is 1. The quantitative estimate of drug-likeness (QED) is 0.640. The number of rotatable bonds is 1. The number of anilines is 1. The summed E-state index contributed by atoms with van der Waals surface area (Å²) < 4.78 is 0. The molecule has 0 amide bonds. The highest BCUT2D eigenvalue weighted by molar-refractivity contribution is 5.71. The Kier molecular flexibility index (Phi) is 2.04. The van der Waals surface area contributed by atoms with Crippen LogP contribution in [0.4, 0.5) is 5.69 Å². The summed E-state index contributed by atoms with van der Waals surface area (Å²) in [5.74, 6) is 0. The third kappa shape index (κ3) is 1.32. The van der Waals surface area contributed by atoms with Crippen molar-refractivity contribution in [1.82, 2.24) is 5.59 Å². The van der Waals surface area contributed by atoms with Gasteiger partial charge in [-0.15, -0.1) is 5.59 Å². The summed E-state index contributed by atoms with van der Waals surface area (Å²) in [6.45, 7) is 2.01. The lowest BCUT2D eigenvalue weighted by molar-refractivity contribution is 0.149. The van der Waals surface area contributed by atoms with Crippen LogP contribution in [0.3, 0.4) is 0 Å². The van der Waals surface area contributed by atoms with Gasteiger partial charge in [0.25, 0.3) is 0 Å². The second-order valence-corrected chi connectivity index (χ2v) is 3.13. The fraction of sp³-hybridized carbons (Fsp3) is 0.200. The molecule has 1 heterocycles. The maximum Gasteiger partial charge on any atom is 0.0632 e. The van der Waals surface area contributed by atoms with Gasteiger partial charge in [0, 0.05) is 0 Å². The molecule has 0 saturated carbocycles. The highest BCUT2D eigenvalue weighted by Gasteiger charge is 2.17. The van der Waals surface area contributed by atoms with E-state index in [0.29, 0.717) is 0 Å². The Balaban J connectivity index is 2.47. The van der Waals surface area contributed by atoms with Crippen LogP contribution < -0.4 is 10.6 Å². The Labute approximate surface area is 77.2 Å². The molecule has 68 valence electrons. The number of hydrazine groups is 1. The van der Waals surface area contributed by atoms with E-state index in [0.717, 1.165) is 11.3 Å². The molecule has 1 unspecified atom stereocenters. The maximum atomic E-state index is 8.95. The van der Waals surface area contributed by atoms with Gasteiger partial charge < -0.3 is 0 Å². The zero-order chi connectivity index (χ0) is 9.26. The van der Waals surface area contributed by atoms with Gasteiger partial charge in [0.2, 0.25) is 0 Å². The molecule has 0 aromatic heterocycles. The number of nitrogens with zero attached hydrogens (tertiary/aromatic N) is 1. The first-order chi connectivity index (χ1) is 6.33. The van der Waals surface area contributed by atoms with E-state index >= 15 is 0 Å². The van der Waals surface area contributed by atoms with Gasteiger partial charge in [-0.2, -0.15) is 0 Å². The highest BCUT2D eigenvalue weighted by atomic mass is 16.5. The molecular weight excluding hydrogens is 164 g/mol. The lowest BCUT2D eigenvalue weighted by Gasteiger charge is -2.31. The van der Waals surface area contributed by atoms with E-state index in [-0.39, 0.29) is 6.04 Å². The average molecular weight is 176 g/mol. The van der Waals surface area contributed by atoms with Crippen LogP contribution in [0.15, 0.2) is 30.3 Å². The predicted octanol–water partition coefficient (Wildman–Crippen LogP) is 1.80. The fourth-order valence-electron chi connectivity index (χ4n) is 1.54. The van der Waals surface area contributed by atoms with Crippen LogP contribution in [0.25, 0.3) is 6.08 Å². The first-order valence-corrected chi connectivity index (χ1v) is 4.29. The molecule has 1 atom stereocenters. The van der Waals surface area contributed by atoms with Crippen LogP contribution in [0.2, 0.25) is 0 Å². The van der Waals surface area contributed by atoms with Crippen LogP contribution in [-0.2, 0) is 0 Å². The van der Waals surface area contributed by atoms with Crippen LogP contribution in [0.1, 0.15) is 12.5 Å². The zero-order valence-electron chi connectivity index (χ0n) is 7.44. The summed E-state index contributed by atoms with van der Waals surface area (Å²) in [5, 5.41) is 10.7. The Morgan fingerprint density at radius 3 is 2.92 bits per heavy atom. The van der Waals surface area contributed by atoms with Gasteiger partial charge in [-0.1, -0.05) is 30.4 Å². The Morgan fingerprint density at radius 1 is 1.38 bits per heavy atom. The molecule has 3 nitrogen and oxygen atoms in total. The van der Waals surface area contributed by atoms with Gasteiger partial charge >= 0.3 is 0 Å². The van der Waals surface area contributed by atoms with Crippen LogP contribution in [-0.4, -0.2) is 11.2 Å². The van der Waals surface area contributed by atoms with Gasteiger partial charge in [0.15, 0.2) is 0 Å². The third-order valence-electron chi connectivity index (χ3n) is 2.27. The smallest absolute Gasteiger partial charge is 0.0632 e. The van der Waals surface area contributed by atoms with Crippen molar-refractivity contribution in [3.05, 3.63) is 35.9 Å². The van der Waals surface area contributed by atoms with Crippen molar-refractivity contribution in [2.75, 3.05) is 5.01 Å². The summed E-state index contributed by atoms with van der Waals surface area (Å²) in [5.41, 5.74) is 4.31. The molecule has 1 aliphatic rings. The minimum absolute atomic E-state index is 0.167. The normalized spacial score (nSPS) is 20.2. The molecule has 0 bridgehead atoms. The van der Waals surface area contributed by atoms with E-state index in [1.807, 2.05) is 37.3 Å². The summed E-state index contributed by atoms with van der Waals surface area (Å²) in [6, 6.07) is 8.09. The molecular formula is C10H12N2O. The molecule has 13 heavy (non-hydrogen) atoms. The number of hydrogen-bond acceptors (Lipinski definition) is 3.